The Balaban J connectivity index is 2.42. The average Bonchev–Trinajstić information content (AvgIpc) is 2.46. The van der Waals surface area contributed by atoms with E-state index in [1.165, 1.54) is 12.1 Å². The lowest BCUT2D eigenvalue weighted by molar-refractivity contribution is 0.452. The molecule has 0 bridgehead atoms. The zero-order valence-corrected chi connectivity index (χ0v) is 6.60. The maximum Gasteiger partial charge on any atom is 0.193 e. The fourth-order valence-electron chi connectivity index (χ4n) is 1.09. The van der Waals surface area contributed by atoms with Gasteiger partial charge in [-0.1, -0.05) is 0 Å². The molecular weight excluding hydrogens is 157 g/mol. The molecule has 0 aliphatic carbocycles. The quantitative estimate of drug-likeness (QED) is 0.637. The van der Waals surface area contributed by atoms with E-state index in [-0.39, 0.29) is 5.82 Å². The van der Waals surface area contributed by atoms with Crippen LogP contribution in [-0.2, 0) is 0 Å². The van der Waals surface area contributed by atoms with Crippen LogP contribution in [0.3, 0.4) is 0 Å². The van der Waals surface area contributed by atoms with Crippen LogP contribution in [0.15, 0.2) is 30.2 Å². The van der Waals surface area contributed by atoms with Crippen LogP contribution in [0.4, 0.5) is 10.1 Å². The zero-order chi connectivity index (χ0) is 8.55. The summed E-state index contributed by atoms with van der Waals surface area (Å²) in [5.74, 6) is 0.909. The maximum absolute atomic E-state index is 12.7. The number of hydrogen-bond acceptors (Lipinski definition) is 2. The highest BCUT2D eigenvalue weighted by Crippen LogP contribution is 2.33. The molecule has 0 atom stereocenters. The maximum atomic E-state index is 12.7. The first-order chi connectivity index (χ1) is 5.79. The van der Waals surface area contributed by atoms with E-state index in [0.717, 1.165) is 5.69 Å². The van der Waals surface area contributed by atoms with E-state index in [9.17, 15) is 4.39 Å². The third-order valence-electron chi connectivity index (χ3n) is 1.68. The van der Waals surface area contributed by atoms with Gasteiger partial charge in [0.15, 0.2) is 11.6 Å². The van der Waals surface area contributed by atoms with Gasteiger partial charge in [0.1, 0.15) is 5.82 Å². The Kier molecular flexibility index (Phi) is 1.50. The summed E-state index contributed by atoms with van der Waals surface area (Å²) in [5, 5.41) is 2.98. The van der Waals surface area contributed by atoms with E-state index in [2.05, 4.69) is 5.32 Å². The van der Waals surface area contributed by atoms with Crippen molar-refractivity contribution in [2.24, 2.45) is 0 Å². The van der Waals surface area contributed by atoms with Crippen molar-refractivity contribution in [1.29, 1.82) is 0 Å². The summed E-state index contributed by atoms with van der Waals surface area (Å²) in [7, 11) is 0. The first-order valence-corrected chi connectivity index (χ1v) is 3.70. The summed E-state index contributed by atoms with van der Waals surface area (Å²) in [5.41, 5.74) is 0.810. The normalized spacial score (nSPS) is 17.0. The van der Waals surface area contributed by atoms with Crippen LogP contribution in [0.1, 0.15) is 6.92 Å². The lowest BCUT2D eigenvalue weighted by Crippen LogP contribution is -1.94. The minimum Gasteiger partial charge on any atom is -0.439 e. The predicted octanol–water partition coefficient (Wildman–Crippen LogP) is 2.49. The van der Waals surface area contributed by atoms with Gasteiger partial charge in [-0.05, 0) is 25.1 Å². The summed E-state index contributed by atoms with van der Waals surface area (Å²) >= 11 is 0. The molecule has 0 saturated heterocycles. The number of rotatable bonds is 0. The largest absolute Gasteiger partial charge is 0.439 e. The predicted molar refractivity (Wildman–Crippen MR) is 44.4 cm³/mol. The molecule has 0 unspecified atom stereocenters. The van der Waals surface area contributed by atoms with Crippen molar-refractivity contribution < 1.29 is 9.13 Å². The zero-order valence-electron chi connectivity index (χ0n) is 6.60. The Labute approximate surface area is 69.7 Å². The van der Waals surface area contributed by atoms with Gasteiger partial charge < -0.3 is 10.1 Å². The molecule has 2 nitrogen and oxygen atoms in total. The summed E-state index contributed by atoms with van der Waals surface area (Å²) in [4.78, 5) is 0. The van der Waals surface area contributed by atoms with Crippen molar-refractivity contribution in [2.75, 3.05) is 5.32 Å². The summed E-state index contributed by atoms with van der Waals surface area (Å²) in [6.45, 7) is 1.85. The molecule has 0 fully saturated rings. The first-order valence-electron chi connectivity index (χ1n) is 3.70. The number of ether oxygens (including phenoxy) is 1. The fourth-order valence-corrected chi connectivity index (χ4v) is 1.09. The van der Waals surface area contributed by atoms with E-state index < -0.39 is 0 Å². The van der Waals surface area contributed by atoms with Crippen molar-refractivity contribution in [3.63, 3.8) is 0 Å². The third kappa shape index (κ3) is 1.03. The molecule has 62 valence electrons. The highest BCUT2D eigenvalue weighted by molar-refractivity contribution is 5.63. The molecule has 0 radical (unpaired) electrons. The van der Waals surface area contributed by atoms with Gasteiger partial charge >= 0.3 is 0 Å². The number of halogens is 1. The van der Waals surface area contributed by atoms with E-state index in [1.807, 2.05) is 6.92 Å². The van der Waals surface area contributed by atoms with E-state index in [4.69, 9.17) is 4.74 Å². The lowest BCUT2D eigenvalue weighted by atomic mass is 10.3. The summed E-state index contributed by atoms with van der Waals surface area (Å²) in [6.07, 6.45) is 1.79. The van der Waals surface area contributed by atoms with Gasteiger partial charge in [0, 0.05) is 6.07 Å². The standard InChI is InChI=1S/C9H8FNO/c1-2-9-11-7-4-3-6(10)5-8(7)12-9/h2-5,11H,1H3. The topological polar surface area (TPSA) is 21.3 Å². The van der Waals surface area contributed by atoms with Gasteiger partial charge in [0.25, 0.3) is 0 Å². The van der Waals surface area contributed by atoms with Crippen molar-refractivity contribution in [1.82, 2.24) is 0 Å². The molecule has 0 saturated carbocycles. The van der Waals surface area contributed by atoms with Crippen LogP contribution in [-0.4, -0.2) is 0 Å². The molecule has 0 spiro atoms. The molecule has 1 aliphatic rings. The fraction of sp³-hybridized carbons (Fsp3) is 0.111. The van der Waals surface area contributed by atoms with Gasteiger partial charge in [0.05, 0.1) is 5.69 Å². The minimum absolute atomic E-state index is 0.284. The Morgan fingerprint density at radius 2 is 2.33 bits per heavy atom. The van der Waals surface area contributed by atoms with Crippen LogP contribution in [0.5, 0.6) is 5.75 Å². The molecule has 1 heterocycles. The van der Waals surface area contributed by atoms with Crippen molar-refractivity contribution >= 4 is 5.69 Å². The Morgan fingerprint density at radius 3 is 3.08 bits per heavy atom. The van der Waals surface area contributed by atoms with E-state index >= 15 is 0 Å². The van der Waals surface area contributed by atoms with E-state index in [1.54, 1.807) is 12.1 Å². The van der Waals surface area contributed by atoms with Gasteiger partial charge in [0.2, 0.25) is 0 Å². The Morgan fingerprint density at radius 1 is 1.50 bits per heavy atom. The Bertz CT molecular complexity index is 346. The molecule has 12 heavy (non-hydrogen) atoms. The van der Waals surface area contributed by atoms with Crippen LogP contribution >= 0.6 is 0 Å². The molecule has 1 aliphatic heterocycles. The second-order valence-corrected chi connectivity index (χ2v) is 2.52. The second-order valence-electron chi connectivity index (χ2n) is 2.52. The number of allylic oxidation sites excluding steroid dienone is 1. The Hall–Kier alpha value is -1.51. The molecule has 2 rings (SSSR count). The number of nitrogens with one attached hydrogen (secondary N) is 1. The molecular formula is C9H8FNO. The molecule has 1 aromatic rings. The molecule has 0 aromatic heterocycles. The van der Waals surface area contributed by atoms with Crippen LogP contribution in [0.2, 0.25) is 0 Å². The van der Waals surface area contributed by atoms with Crippen molar-refractivity contribution in [3.05, 3.63) is 36.0 Å². The van der Waals surface area contributed by atoms with Crippen LogP contribution < -0.4 is 10.1 Å². The van der Waals surface area contributed by atoms with E-state index in [0.29, 0.717) is 11.6 Å². The van der Waals surface area contributed by atoms with Gasteiger partial charge in [-0.2, -0.15) is 0 Å². The van der Waals surface area contributed by atoms with Gasteiger partial charge in [-0.25, -0.2) is 4.39 Å². The third-order valence-corrected chi connectivity index (χ3v) is 1.68. The van der Waals surface area contributed by atoms with Crippen LogP contribution in [0, 0.1) is 5.82 Å². The van der Waals surface area contributed by atoms with Gasteiger partial charge in [-0.15, -0.1) is 0 Å². The number of hydrogen-bond donors (Lipinski definition) is 1. The molecule has 3 heteroatoms. The highest BCUT2D eigenvalue weighted by atomic mass is 19.1. The molecule has 0 amide bonds. The minimum atomic E-state index is -0.284. The molecule has 1 N–H and O–H groups in total. The number of benzene rings is 1. The summed E-state index contributed by atoms with van der Waals surface area (Å²) < 4.78 is 17.9. The highest BCUT2D eigenvalue weighted by Gasteiger charge is 2.15. The second kappa shape index (κ2) is 2.52. The number of anilines is 1. The van der Waals surface area contributed by atoms with Crippen molar-refractivity contribution in [2.45, 2.75) is 6.92 Å². The summed E-state index contributed by atoms with van der Waals surface area (Å²) in [6, 6.07) is 4.41. The van der Waals surface area contributed by atoms with Gasteiger partial charge in [-0.3, -0.25) is 0 Å². The van der Waals surface area contributed by atoms with Crippen molar-refractivity contribution in [3.8, 4) is 5.75 Å². The SMILES string of the molecule is CC=C1Nc2ccc(F)cc2O1. The van der Waals surface area contributed by atoms with Crippen LogP contribution in [0.25, 0.3) is 0 Å². The molecule has 1 aromatic carbocycles. The monoisotopic (exact) mass is 165 g/mol. The number of fused-ring (bicyclic) bond motifs is 1. The lowest BCUT2D eigenvalue weighted by Gasteiger charge is -1.94. The first kappa shape index (κ1) is 7.16. The smallest absolute Gasteiger partial charge is 0.193 e. The average molecular weight is 165 g/mol.